The highest BCUT2D eigenvalue weighted by atomic mass is 16.6. The first-order valence-electron chi connectivity index (χ1n) is 11.6. The summed E-state index contributed by atoms with van der Waals surface area (Å²) in [6, 6.07) is 14.6. The lowest BCUT2D eigenvalue weighted by Crippen LogP contribution is -2.44. The van der Waals surface area contributed by atoms with Gasteiger partial charge in [0, 0.05) is 29.3 Å². The van der Waals surface area contributed by atoms with E-state index in [0.29, 0.717) is 22.5 Å². The van der Waals surface area contributed by atoms with Crippen molar-refractivity contribution < 1.29 is 28.8 Å². The third kappa shape index (κ3) is 6.46. The molecular formula is C27H29N3O7. The van der Waals surface area contributed by atoms with Gasteiger partial charge in [0.05, 0.1) is 29.2 Å². The van der Waals surface area contributed by atoms with Crippen molar-refractivity contribution in [1.29, 1.82) is 0 Å². The predicted molar refractivity (Wildman–Crippen MR) is 137 cm³/mol. The maximum atomic E-state index is 13.5. The topological polar surface area (TPSA) is 137 Å². The Kier molecular flexibility index (Phi) is 8.21. The molecular weight excluding hydrogens is 478 g/mol. The normalized spacial score (nSPS) is 17.5. The highest BCUT2D eigenvalue weighted by Gasteiger charge is 2.43. The number of hydrogen-bond donors (Lipinski definition) is 1. The molecule has 0 aromatic heterocycles. The molecule has 2 unspecified atom stereocenters. The summed E-state index contributed by atoms with van der Waals surface area (Å²) in [6.45, 7) is 6.37. The lowest BCUT2D eigenvalue weighted by atomic mass is 9.74. The monoisotopic (exact) mass is 507 g/mol. The minimum atomic E-state index is -1.05. The summed E-state index contributed by atoms with van der Waals surface area (Å²) >= 11 is 0. The Morgan fingerprint density at radius 3 is 2.35 bits per heavy atom. The summed E-state index contributed by atoms with van der Waals surface area (Å²) in [6.07, 6.45) is 0. The van der Waals surface area contributed by atoms with E-state index in [1.807, 2.05) is 6.07 Å². The quantitative estimate of drug-likeness (QED) is 0.342. The number of ether oxygens (including phenoxy) is 2. The van der Waals surface area contributed by atoms with Crippen LogP contribution in [0.1, 0.15) is 44.7 Å². The number of aliphatic imine (C=N–C) groups is 1. The first-order chi connectivity index (χ1) is 17.4. The summed E-state index contributed by atoms with van der Waals surface area (Å²) in [5.74, 6) is -3.97. The van der Waals surface area contributed by atoms with Crippen LogP contribution in [0.5, 0.6) is 0 Å². The molecule has 2 aromatic carbocycles. The van der Waals surface area contributed by atoms with Crippen LogP contribution < -0.4 is 5.32 Å². The molecule has 1 aliphatic rings. The van der Waals surface area contributed by atoms with Gasteiger partial charge in [-0.1, -0.05) is 42.5 Å². The van der Waals surface area contributed by atoms with E-state index in [9.17, 15) is 24.5 Å². The van der Waals surface area contributed by atoms with Crippen molar-refractivity contribution in [3.05, 3.63) is 81.4 Å². The van der Waals surface area contributed by atoms with Crippen molar-refractivity contribution in [2.24, 2.45) is 10.9 Å². The van der Waals surface area contributed by atoms with Gasteiger partial charge in [-0.05, 0) is 33.3 Å². The molecule has 37 heavy (non-hydrogen) atoms. The lowest BCUT2D eigenvalue weighted by molar-refractivity contribution is -0.384. The molecule has 1 amide bonds. The highest BCUT2D eigenvalue weighted by Crippen LogP contribution is 2.43. The minimum Gasteiger partial charge on any atom is -0.466 e. The summed E-state index contributed by atoms with van der Waals surface area (Å²) in [5.41, 5.74) is 0.789. The largest absolute Gasteiger partial charge is 0.466 e. The zero-order valence-electron chi connectivity index (χ0n) is 21.3. The van der Waals surface area contributed by atoms with Gasteiger partial charge in [0.1, 0.15) is 12.1 Å². The van der Waals surface area contributed by atoms with E-state index < -0.39 is 46.8 Å². The first kappa shape index (κ1) is 27.3. The second-order valence-corrected chi connectivity index (χ2v) is 9.48. The number of carbonyl (C=O) groups is 3. The number of non-ortho nitro benzene ring substituents is 1. The number of rotatable bonds is 7. The Labute approximate surface area is 214 Å². The van der Waals surface area contributed by atoms with E-state index >= 15 is 0 Å². The number of methoxy groups -OCH3 is 1. The average molecular weight is 508 g/mol. The van der Waals surface area contributed by atoms with E-state index in [2.05, 4.69) is 10.3 Å². The van der Waals surface area contributed by atoms with Gasteiger partial charge >= 0.3 is 11.9 Å². The zero-order valence-corrected chi connectivity index (χ0v) is 21.3. The molecule has 10 nitrogen and oxygen atoms in total. The molecule has 0 bridgehead atoms. The van der Waals surface area contributed by atoms with Crippen molar-refractivity contribution in [1.82, 2.24) is 5.32 Å². The molecule has 3 rings (SSSR count). The summed E-state index contributed by atoms with van der Waals surface area (Å²) in [5, 5.41) is 14.1. The number of benzene rings is 2. The van der Waals surface area contributed by atoms with Crippen LogP contribution in [-0.2, 0) is 23.9 Å². The van der Waals surface area contributed by atoms with Crippen LogP contribution in [0.3, 0.4) is 0 Å². The summed E-state index contributed by atoms with van der Waals surface area (Å²) in [4.78, 5) is 54.4. The molecule has 0 radical (unpaired) electrons. The second kappa shape index (κ2) is 11.2. The smallest absolute Gasteiger partial charge is 0.336 e. The van der Waals surface area contributed by atoms with Crippen molar-refractivity contribution in [3.63, 3.8) is 0 Å². The van der Waals surface area contributed by atoms with Crippen molar-refractivity contribution in [3.8, 4) is 0 Å². The van der Waals surface area contributed by atoms with Crippen LogP contribution in [0.25, 0.3) is 5.70 Å². The number of esters is 2. The Morgan fingerprint density at radius 1 is 1.08 bits per heavy atom. The van der Waals surface area contributed by atoms with Crippen LogP contribution in [0.15, 0.2) is 65.2 Å². The molecule has 0 saturated carbocycles. The van der Waals surface area contributed by atoms with Crippen molar-refractivity contribution >= 4 is 34.9 Å². The maximum Gasteiger partial charge on any atom is 0.336 e. The maximum absolute atomic E-state index is 13.5. The molecule has 2 aromatic rings. The number of carbonyl (C=O) groups excluding carboxylic acids is 3. The Hall–Kier alpha value is -4.34. The van der Waals surface area contributed by atoms with Gasteiger partial charge in [-0.15, -0.1) is 0 Å². The molecule has 1 heterocycles. The van der Waals surface area contributed by atoms with Crippen LogP contribution in [0.2, 0.25) is 0 Å². The van der Waals surface area contributed by atoms with E-state index in [1.165, 1.54) is 25.3 Å². The van der Waals surface area contributed by atoms with Gasteiger partial charge in [-0.2, -0.15) is 0 Å². The molecule has 1 aliphatic heterocycles. The van der Waals surface area contributed by atoms with Crippen LogP contribution in [0.4, 0.5) is 5.69 Å². The molecule has 1 N–H and O–H groups in total. The molecule has 0 fully saturated rings. The van der Waals surface area contributed by atoms with Gasteiger partial charge in [0.2, 0.25) is 5.91 Å². The Morgan fingerprint density at radius 2 is 1.76 bits per heavy atom. The van der Waals surface area contributed by atoms with E-state index in [1.54, 1.807) is 58.0 Å². The molecule has 0 aliphatic carbocycles. The van der Waals surface area contributed by atoms with Gasteiger partial charge in [0.25, 0.3) is 5.69 Å². The SMILES string of the molecule is COC(=O)C1=C(c2ccccc2)N=C(C)C(C(=O)NCC(=O)OC(C)(C)C)C1c1cccc([N+](=O)[O-])c1. The van der Waals surface area contributed by atoms with Crippen molar-refractivity contribution in [2.75, 3.05) is 13.7 Å². The molecule has 10 heteroatoms. The molecule has 2 atom stereocenters. The van der Waals surface area contributed by atoms with Gasteiger partial charge in [0.15, 0.2) is 0 Å². The molecule has 0 saturated heterocycles. The number of nitro groups is 1. The van der Waals surface area contributed by atoms with Gasteiger partial charge in [-0.25, -0.2) is 4.79 Å². The number of nitrogens with zero attached hydrogens (tertiary/aromatic N) is 2. The summed E-state index contributed by atoms with van der Waals surface area (Å²) in [7, 11) is 1.21. The predicted octanol–water partition coefficient (Wildman–Crippen LogP) is 3.81. The fourth-order valence-corrected chi connectivity index (χ4v) is 4.19. The zero-order chi connectivity index (χ0) is 27.3. The number of nitrogens with one attached hydrogen (secondary N) is 1. The summed E-state index contributed by atoms with van der Waals surface area (Å²) < 4.78 is 10.3. The fraction of sp³-hybridized carbons (Fsp3) is 0.333. The minimum absolute atomic E-state index is 0.0808. The number of nitro benzene ring substituents is 1. The molecule has 194 valence electrons. The second-order valence-electron chi connectivity index (χ2n) is 9.48. The van der Waals surface area contributed by atoms with E-state index in [4.69, 9.17) is 9.47 Å². The van der Waals surface area contributed by atoms with Crippen LogP contribution in [-0.4, -0.2) is 47.7 Å². The highest BCUT2D eigenvalue weighted by molar-refractivity contribution is 6.13. The standard InChI is InChI=1S/C27H29N3O7/c1-16-21(25(32)28-15-20(31)37-27(2,3)4)22(18-12-9-13-19(14-18)30(34)35)23(26(33)36-5)24(29-16)17-10-7-6-8-11-17/h6-14,21-22H,15H2,1-5H3,(H,28,32). The first-order valence-corrected chi connectivity index (χ1v) is 11.6. The Balaban J connectivity index is 2.14. The Bertz CT molecular complexity index is 1280. The average Bonchev–Trinajstić information content (AvgIpc) is 2.85. The van der Waals surface area contributed by atoms with E-state index in [0.717, 1.165) is 0 Å². The number of amides is 1. The number of hydrogen-bond acceptors (Lipinski definition) is 8. The van der Waals surface area contributed by atoms with Crippen LogP contribution >= 0.6 is 0 Å². The fourth-order valence-electron chi connectivity index (χ4n) is 4.19. The van der Waals surface area contributed by atoms with Crippen LogP contribution in [0, 0.1) is 16.0 Å². The van der Waals surface area contributed by atoms with Gasteiger partial charge < -0.3 is 14.8 Å². The van der Waals surface area contributed by atoms with Gasteiger partial charge in [-0.3, -0.25) is 24.7 Å². The lowest BCUT2D eigenvalue weighted by Gasteiger charge is -2.32. The van der Waals surface area contributed by atoms with E-state index in [-0.39, 0.29) is 11.3 Å². The van der Waals surface area contributed by atoms with Crippen molar-refractivity contribution in [2.45, 2.75) is 39.2 Å². The molecule has 0 spiro atoms. The third-order valence-electron chi connectivity index (χ3n) is 5.64. The third-order valence-corrected chi connectivity index (χ3v) is 5.64.